The molecule has 6 heterocycles. The number of methoxy groups -OCH3 is 1. The van der Waals surface area contributed by atoms with Gasteiger partial charge in [-0.2, -0.15) is 10.2 Å². The molecular weight excluding hydrogens is 877 g/mol. The third-order valence-corrected chi connectivity index (χ3v) is 11.8. The number of aromatic nitrogens is 8. The Labute approximate surface area is 369 Å². The van der Waals surface area contributed by atoms with Gasteiger partial charge in [-0.05, 0) is 25.5 Å². The second kappa shape index (κ2) is 20.3. The van der Waals surface area contributed by atoms with E-state index in [0.717, 1.165) is 13.8 Å². The Balaban J connectivity index is 1.16. The number of aliphatic hydroxyl groups is 1. The second-order valence-corrected chi connectivity index (χ2v) is 16.4. The molecule has 1 aromatic carbocycles. The number of ether oxygens (including phenoxy) is 5. The summed E-state index contributed by atoms with van der Waals surface area (Å²) in [6.45, 7) is 4.23. The van der Waals surface area contributed by atoms with Crippen LogP contribution in [-0.4, -0.2) is 132 Å². The Morgan fingerprint density at radius 2 is 1.62 bits per heavy atom. The van der Waals surface area contributed by atoms with E-state index >= 15 is 0 Å². The van der Waals surface area contributed by atoms with Crippen LogP contribution in [0.5, 0.6) is 0 Å². The molecule has 2 unspecified atom stereocenters. The first-order valence-corrected chi connectivity index (χ1v) is 21.7. The summed E-state index contributed by atoms with van der Waals surface area (Å²) in [5.74, 6) is -1.81. The quantitative estimate of drug-likeness (QED) is 0.0525. The number of phosphoric acid groups is 1. The van der Waals surface area contributed by atoms with E-state index in [1.165, 1.54) is 35.2 Å². The molecule has 10 atom stereocenters. The normalized spacial score (nSPS) is 24.3. The van der Waals surface area contributed by atoms with Gasteiger partial charge in [-0.1, -0.05) is 25.1 Å². The number of H-pyrrole nitrogens is 1. The first kappa shape index (κ1) is 46.8. The van der Waals surface area contributed by atoms with Crippen molar-refractivity contribution in [2.45, 2.75) is 95.7 Å². The maximum Gasteiger partial charge on any atom is 0.475 e. The zero-order valence-corrected chi connectivity index (χ0v) is 36.5. The van der Waals surface area contributed by atoms with Gasteiger partial charge >= 0.3 is 19.8 Å². The molecule has 0 aliphatic carbocycles. The minimum atomic E-state index is -4.85. The summed E-state index contributed by atoms with van der Waals surface area (Å²) in [5, 5.41) is 25.6. The van der Waals surface area contributed by atoms with Crippen molar-refractivity contribution in [3.05, 3.63) is 65.2 Å². The number of carbonyl (C=O) groups is 3. The van der Waals surface area contributed by atoms with Crippen LogP contribution in [0, 0.1) is 11.3 Å². The number of fused-ring (bicyclic) bond motifs is 2. The van der Waals surface area contributed by atoms with Crippen LogP contribution in [0.3, 0.4) is 0 Å². The maximum atomic E-state index is 14.7. The van der Waals surface area contributed by atoms with Crippen molar-refractivity contribution < 1.29 is 61.3 Å². The molecule has 346 valence electrons. The minimum absolute atomic E-state index is 0.0282. The van der Waals surface area contributed by atoms with Crippen LogP contribution >= 0.6 is 7.82 Å². The molecule has 65 heavy (non-hydrogen) atoms. The summed E-state index contributed by atoms with van der Waals surface area (Å²) in [6.07, 6.45) is -6.20. The predicted molar refractivity (Wildman–Crippen MR) is 223 cm³/mol. The predicted octanol–water partition coefficient (Wildman–Crippen LogP) is 2.53. The Bertz CT molecular complexity index is 2660. The van der Waals surface area contributed by atoms with Gasteiger partial charge in [0.15, 0.2) is 52.8 Å². The number of rotatable bonds is 19. The minimum Gasteiger partial charge on any atom is -0.456 e. The number of aliphatic hydroxyl groups excluding tert-OH is 1. The van der Waals surface area contributed by atoms with E-state index in [1.54, 1.807) is 30.3 Å². The monoisotopic (exact) mass is 923 g/mol. The molecule has 25 nitrogen and oxygen atoms in total. The van der Waals surface area contributed by atoms with Gasteiger partial charge in [-0.15, -0.1) is 0 Å². The Kier molecular flexibility index (Phi) is 14.6. The number of nitrogens with zero attached hydrogens (tertiary/aromatic N) is 8. The third kappa shape index (κ3) is 10.2. The molecule has 0 spiro atoms. The van der Waals surface area contributed by atoms with E-state index in [1.807, 2.05) is 19.9 Å². The molecule has 2 fully saturated rings. The number of aromatic amines is 1. The molecule has 0 bridgehead atoms. The number of amides is 1. The summed E-state index contributed by atoms with van der Waals surface area (Å²) < 4.78 is 64.5. The van der Waals surface area contributed by atoms with Crippen molar-refractivity contribution in [1.82, 2.24) is 39.0 Å². The SMILES string of the molecule is CCC(C)Nc1nc2c(ncn2[C@@H]2O[C@H](COP(=O)(OCCC#N)O[C@H]3[C@@H](OC)[C@H](n4cnc5c(NC(=O)c6ccccc6)ncnc54)O[C@@H]3CO)[C@@H](OC(C)=O)[C@H]2OC(C)=O)c(=O)[nH]1. The van der Waals surface area contributed by atoms with Crippen LogP contribution in [0.25, 0.3) is 22.3 Å². The number of anilines is 2. The van der Waals surface area contributed by atoms with Gasteiger partial charge in [0.2, 0.25) is 5.95 Å². The van der Waals surface area contributed by atoms with E-state index in [-0.39, 0.29) is 46.6 Å². The highest BCUT2D eigenvalue weighted by Crippen LogP contribution is 2.54. The van der Waals surface area contributed by atoms with Gasteiger partial charge in [0.05, 0.1) is 45.0 Å². The summed E-state index contributed by atoms with van der Waals surface area (Å²) in [4.78, 5) is 75.4. The fourth-order valence-corrected chi connectivity index (χ4v) is 8.60. The highest BCUT2D eigenvalue weighted by Gasteiger charge is 2.54. The first-order valence-electron chi connectivity index (χ1n) is 20.3. The fourth-order valence-electron chi connectivity index (χ4n) is 7.20. The van der Waals surface area contributed by atoms with Crippen molar-refractivity contribution in [2.24, 2.45) is 0 Å². The number of nitrogens with one attached hydrogen (secondary N) is 3. The number of benzene rings is 1. The lowest BCUT2D eigenvalue weighted by molar-refractivity contribution is -0.165. The van der Waals surface area contributed by atoms with Crippen molar-refractivity contribution in [3.63, 3.8) is 0 Å². The third-order valence-electron chi connectivity index (χ3n) is 10.3. The van der Waals surface area contributed by atoms with Gasteiger partial charge in [-0.25, -0.2) is 24.5 Å². The van der Waals surface area contributed by atoms with Crippen LogP contribution in [0.4, 0.5) is 11.8 Å². The molecule has 5 aromatic rings. The fraction of sp³-hybridized carbons (Fsp3) is 0.487. The standard InChI is InChI=1S/C39H46N11O14P/c1-6-20(2)45-39-47-34-27(36(55)48-39)44-19-50(34)38-31(61-22(4)53)28(60-21(3)52)25(63-38)16-59-65(56,58-14-10-13-40)64-29-24(15-51)62-37(30(29)57-5)49-18-43-26-32(41-17-42-33(26)49)46-35(54)23-11-8-7-9-12-23/h7-9,11-12,17-20,24-25,28-31,37-38,51H,6,10,14-16H2,1-5H3,(H,41,42,46,54)(H2,45,47,48,55)/t20?,24-,25-,28-,29-,30-,31-,37-,38-,65?/m1/s1. The zero-order chi connectivity index (χ0) is 46.4. The van der Waals surface area contributed by atoms with Crippen molar-refractivity contribution in [3.8, 4) is 6.07 Å². The molecule has 7 rings (SSSR count). The number of imidazole rings is 2. The van der Waals surface area contributed by atoms with Crippen molar-refractivity contribution in [1.29, 1.82) is 5.26 Å². The largest absolute Gasteiger partial charge is 0.475 e. The van der Waals surface area contributed by atoms with Crippen LogP contribution in [-0.2, 0) is 51.4 Å². The van der Waals surface area contributed by atoms with Crippen LogP contribution in [0.15, 0.2) is 54.1 Å². The van der Waals surface area contributed by atoms with E-state index in [4.69, 9.17) is 37.3 Å². The van der Waals surface area contributed by atoms with Crippen LogP contribution < -0.4 is 16.2 Å². The summed E-state index contributed by atoms with van der Waals surface area (Å²) in [6, 6.07) is 10.3. The maximum absolute atomic E-state index is 14.7. The molecule has 2 aliphatic rings. The van der Waals surface area contributed by atoms with Crippen molar-refractivity contribution >= 4 is 59.8 Å². The number of hydrogen-bond acceptors (Lipinski definition) is 21. The van der Waals surface area contributed by atoms with Gasteiger partial charge in [0.1, 0.15) is 30.7 Å². The van der Waals surface area contributed by atoms with E-state index < -0.39 is 100 Å². The molecular formula is C39H46N11O14P. The van der Waals surface area contributed by atoms with Crippen LogP contribution in [0.1, 0.15) is 63.4 Å². The molecule has 26 heteroatoms. The summed E-state index contributed by atoms with van der Waals surface area (Å²) in [7, 11) is -3.53. The highest BCUT2D eigenvalue weighted by atomic mass is 31.2. The van der Waals surface area contributed by atoms with E-state index in [9.17, 15) is 34.1 Å². The van der Waals surface area contributed by atoms with E-state index in [2.05, 4.69) is 40.5 Å². The van der Waals surface area contributed by atoms with E-state index in [0.29, 0.717) is 12.0 Å². The summed E-state index contributed by atoms with van der Waals surface area (Å²) in [5.41, 5.74) is 0.131. The second-order valence-electron chi connectivity index (χ2n) is 14.8. The average Bonchev–Trinajstić information content (AvgIpc) is 4.07. The number of carbonyl (C=O) groups excluding carboxylic acids is 3. The Morgan fingerprint density at radius 1 is 0.938 bits per heavy atom. The number of hydrogen-bond donors (Lipinski definition) is 4. The Morgan fingerprint density at radius 3 is 2.29 bits per heavy atom. The van der Waals surface area contributed by atoms with Crippen LogP contribution in [0.2, 0.25) is 0 Å². The lowest BCUT2D eigenvalue weighted by atomic mass is 10.1. The van der Waals surface area contributed by atoms with Gasteiger partial charge < -0.3 is 39.4 Å². The highest BCUT2D eigenvalue weighted by molar-refractivity contribution is 7.48. The number of nitriles is 1. The molecule has 2 aliphatic heterocycles. The topological polar surface area (TPSA) is 317 Å². The molecule has 0 radical (unpaired) electrons. The van der Waals surface area contributed by atoms with Gasteiger partial charge in [-0.3, -0.25) is 46.9 Å². The lowest BCUT2D eigenvalue weighted by Gasteiger charge is -2.28. The molecule has 4 aromatic heterocycles. The Hall–Kier alpha value is -6.23. The van der Waals surface area contributed by atoms with Gasteiger partial charge in [0.25, 0.3) is 11.5 Å². The average molecular weight is 924 g/mol. The molecule has 0 saturated carbocycles. The smallest absolute Gasteiger partial charge is 0.456 e. The molecule has 2 saturated heterocycles. The number of phosphoric ester groups is 1. The molecule has 4 N–H and O–H groups in total. The zero-order valence-electron chi connectivity index (χ0n) is 35.6. The summed E-state index contributed by atoms with van der Waals surface area (Å²) >= 11 is 0. The molecule has 1 amide bonds. The van der Waals surface area contributed by atoms with Crippen molar-refractivity contribution in [2.75, 3.05) is 37.6 Å². The number of esters is 2. The lowest BCUT2D eigenvalue weighted by Crippen LogP contribution is -2.40. The first-order chi connectivity index (χ1) is 31.3. The van der Waals surface area contributed by atoms with Gasteiger partial charge in [0, 0.05) is 32.6 Å².